The van der Waals surface area contributed by atoms with E-state index in [0.29, 0.717) is 30.9 Å². The van der Waals surface area contributed by atoms with Gasteiger partial charge < -0.3 is 19.1 Å². The monoisotopic (exact) mass is 423 g/mol. The Hall–Kier alpha value is -2.90. The molecule has 1 amide bonds. The second-order valence-electron chi connectivity index (χ2n) is 6.95. The standard InChI is InChI=1S/C22H24F3NO4/c1-4-21(27)26-9-8-14-10-19(28-2)20(29-3)12-17(14)18(26)13-30-16-7-5-6-15(11-16)22(23,24)25/h5-7,10-12,18H,4,8-9,13H2,1-3H3/t18-/m1/s1. The van der Waals surface area contributed by atoms with E-state index in [1.165, 1.54) is 19.2 Å². The van der Waals surface area contributed by atoms with Crippen LogP contribution in [-0.2, 0) is 17.4 Å². The van der Waals surface area contributed by atoms with Crippen molar-refractivity contribution in [3.05, 3.63) is 53.1 Å². The number of hydrogen-bond donors (Lipinski definition) is 0. The molecule has 0 aromatic heterocycles. The molecule has 0 unspecified atom stereocenters. The lowest BCUT2D eigenvalue weighted by Gasteiger charge is -2.37. The van der Waals surface area contributed by atoms with Crippen molar-refractivity contribution >= 4 is 5.91 Å². The van der Waals surface area contributed by atoms with Crippen LogP contribution in [0.2, 0.25) is 0 Å². The lowest BCUT2D eigenvalue weighted by Crippen LogP contribution is -2.42. The molecule has 30 heavy (non-hydrogen) atoms. The lowest BCUT2D eigenvalue weighted by atomic mass is 9.92. The molecule has 5 nitrogen and oxygen atoms in total. The van der Waals surface area contributed by atoms with Crippen LogP contribution in [0.15, 0.2) is 36.4 Å². The summed E-state index contributed by atoms with van der Waals surface area (Å²) in [6.07, 6.45) is -3.49. The summed E-state index contributed by atoms with van der Waals surface area (Å²) in [6, 6.07) is 7.96. The van der Waals surface area contributed by atoms with E-state index in [4.69, 9.17) is 14.2 Å². The number of hydrogen-bond acceptors (Lipinski definition) is 4. The van der Waals surface area contributed by atoms with Crippen molar-refractivity contribution in [2.24, 2.45) is 0 Å². The highest BCUT2D eigenvalue weighted by molar-refractivity contribution is 5.77. The number of benzene rings is 2. The summed E-state index contributed by atoms with van der Waals surface area (Å²) in [4.78, 5) is 14.2. The predicted octanol–water partition coefficient (Wildman–Crippen LogP) is 4.64. The van der Waals surface area contributed by atoms with Crippen LogP contribution < -0.4 is 14.2 Å². The van der Waals surface area contributed by atoms with Crippen LogP contribution in [0.5, 0.6) is 17.2 Å². The third kappa shape index (κ3) is 4.47. The second-order valence-corrected chi connectivity index (χ2v) is 6.95. The molecular weight excluding hydrogens is 399 g/mol. The molecule has 1 atom stereocenters. The van der Waals surface area contributed by atoms with Crippen molar-refractivity contribution in [2.45, 2.75) is 32.0 Å². The number of alkyl halides is 3. The first-order valence-electron chi connectivity index (χ1n) is 9.62. The van der Waals surface area contributed by atoms with Crippen molar-refractivity contribution < 1.29 is 32.2 Å². The zero-order chi connectivity index (χ0) is 21.9. The van der Waals surface area contributed by atoms with Gasteiger partial charge in [0, 0.05) is 13.0 Å². The molecule has 1 heterocycles. The van der Waals surface area contributed by atoms with E-state index < -0.39 is 17.8 Å². The second kappa shape index (κ2) is 8.85. The Morgan fingerprint density at radius 1 is 1.13 bits per heavy atom. The van der Waals surface area contributed by atoms with E-state index >= 15 is 0 Å². The van der Waals surface area contributed by atoms with Crippen molar-refractivity contribution in [3.8, 4) is 17.2 Å². The molecule has 0 N–H and O–H groups in total. The fourth-order valence-corrected chi connectivity index (χ4v) is 3.65. The minimum atomic E-state index is -4.45. The van der Waals surface area contributed by atoms with Gasteiger partial charge in [-0.05, 0) is 47.9 Å². The third-order valence-corrected chi connectivity index (χ3v) is 5.19. The van der Waals surface area contributed by atoms with E-state index in [9.17, 15) is 18.0 Å². The predicted molar refractivity (Wildman–Crippen MR) is 105 cm³/mol. The average molecular weight is 423 g/mol. The summed E-state index contributed by atoms with van der Waals surface area (Å²) in [5.74, 6) is 1.16. The fourth-order valence-electron chi connectivity index (χ4n) is 3.65. The molecule has 3 rings (SSSR count). The third-order valence-electron chi connectivity index (χ3n) is 5.19. The molecule has 0 saturated heterocycles. The highest BCUT2D eigenvalue weighted by Gasteiger charge is 2.33. The van der Waals surface area contributed by atoms with Crippen molar-refractivity contribution in [1.29, 1.82) is 0 Å². The number of halogens is 3. The van der Waals surface area contributed by atoms with Crippen molar-refractivity contribution in [2.75, 3.05) is 27.4 Å². The van der Waals surface area contributed by atoms with Crippen LogP contribution in [0.3, 0.4) is 0 Å². The van der Waals surface area contributed by atoms with E-state index in [1.807, 2.05) is 12.1 Å². The number of amides is 1. The normalized spacial score (nSPS) is 16.1. The van der Waals surface area contributed by atoms with Gasteiger partial charge in [0.15, 0.2) is 11.5 Å². The first-order chi connectivity index (χ1) is 14.3. The molecule has 0 fully saturated rings. The molecule has 0 spiro atoms. The molecule has 0 aliphatic carbocycles. The highest BCUT2D eigenvalue weighted by atomic mass is 19.4. The van der Waals surface area contributed by atoms with Gasteiger partial charge in [-0.1, -0.05) is 13.0 Å². The van der Waals surface area contributed by atoms with E-state index in [-0.39, 0.29) is 18.3 Å². The summed E-state index contributed by atoms with van der Waals surface area (Å²) in [6.45, 7) is 2.29. The van der Waals surface area contributed by atoms with E-state index in [1.54, 1.807) is 18.9 Å². The summed E-state index contributed by atoms with van der Waals surface area (Å²) >= 11 is 0. The SMILES string of the molecule is CCC(=O)N1CCc2cc(OC)c(OC)cc2[C@H]1COc1cccc(C(F)(F)F)c1. The molecule has 2 aromatic carbocycles. The Morgan fingerprint density at radius 2 is 1.83 bits per heavy atom. The van der Waals surface area contributed by atoms with Gasteiger partial charge in [-0.2, -0.15) is 13.2 Å². The maximum atomic E-state index is 13.0. The summed E-state index contributed by atoms with van der Waals surface area (Å²) < 4.78 is 55.5. The number of rotatable bonds is 6. The number of ether oxygens (including phenoxy) is 3. The Balaban J connectivity index is 1.93. The molecule has 0 bridgehead atoms. The molecule has 1 aliphatic rings. The number of nitrogens with zero attached hydrogens (tertiary/aromatic N) is 1. The van der Waals surface area contributed by atoms with Crippen LogP contribution in [0.25, 0.3) is 0 Å². The van der Waals surface area contributed by atoms with Crippen LogP contribution in [0, 0.1) is 0 Å². The van der Waals surface area contributed by atoms with Gasteiger partial charge in [-0.25, -0.2) is 0 Å². The minimum Gasteiger partial charge on any atom is -0.493 e. The zero-order valence-corrected chi connectivity index (χ0v) is 17.1. The van der Waals surface area contributed by atoms with Crippen LogP contribution in [0.4, 0.5) is 13.2 Å². The van der Waals surface area contributed by atoms with Crippen molar-refractivity contribution in [1.82, 2.24) is 4.90 Å². The molecule has 0 radical (unpaired) electrons. The van der Waals surface area contributed by atoms with Crippen molar-refractivity contribution in [3.63, 3.8) is 0 Å². The Morgan fingerprint density at radius 3 is 2.47 bits per heavy atom. The van der Waals surface area contributed by atoms with Crippen LogP contribution >= 0.6 is 0 Å². The Kier molecular flexibility index (Phi) is 6.43. The Bertz CT molecular complexity index is 914. The smallest absolute Gasteiger partial charge is 0.416 e. The van der Waals surface area contributed by atoms with Gasteiger partial charge in [0.1, 0.15) is 12.4 Å². The maximum Gasteiger partial charge on any atom is 0.416 e. The average Bonchev–Trinajstić information content (AvgIpc) is 2.75. The first kappa shape index (κ1) is 21.8. The van der Waals surface area contributed by atoms with Crippen LogP contribution in [-0.4, -0.2) is 38.2 Å². The number of methoxy groups -OCH3 is 2. The van der Waals surface area contributed by atoms with Gasteiger partial charge in [0.05, 0.1) is 25.8 Å². The van der Waals surface area contributed by atoms with E-state index in [0.717, 1.165) is 23.3 Å². The largest absolute Gasteiger partial charge is 0.493 e. The molecule has 8 heteroatoms. The van der Waals surface area contributed by atoms with Crippen LogP contribution in [0.1, 0.15) is 36.1 Å². The topological polar surface area (TPSA) is 48.0 Å². The van der Waals surface area contributed by atoms with Gasteiger partial charge in [0.2, 0.25) is 5.91 Å². The summed E-state index contributed by atoms with van der Waals surface area (Å²) in [7, 11) is 3.07. The minimum absolute atomic E-state index is 0.0233. The quantitative estimate of drug-likeness (QED) is 0.679. The number of fused-ring (bicyclic) bond motifs is 1. The molecular formula is C22H24F3NO4. The number of carbonyl (C=O) groups excluding carboxylic acids is 1. The summed E-state index contributed by atoms with van der Waals surface area (Å²) in [5.41, 5.74) is 1.05. The fraction of sp³-hybridized carbons (Fsp3) is 0.409. The van der Waals surface area contributed by atoms with E-state index in [2.05, 4.69) is 0 Å². The lowest BCUT2D eigenvalue weighted by molar-refractivity contribution is -0.137. The summed E-state index contributed by atoms with van der Waals surface area (Å²) in [5, 5.41) is 0. The van der Waals surface area contributed by atoms with Gasteiger partial charge in [-0.15, -0.1) is 0 Å². The molecule has 1 aliphatic heterocycles. The van der Waals surface area contributed by atoms with Gasteiger partial charge in [-0.3, -0.25) is 4.79 Å². The molecule has 162 valence electrons. The maximum absolute atomic E-state index is 13.0. The van der Waals surface area contributed by atoms with Gasteiger partial charge in [0.25, 0.3) is 0 Å². The number of carbonyl (C=O) groups is 1. The Labute approximate surface area is 173 Å². The highest BCUT2D eigenvalue weighted by Crippen LogP contribution is 2.39. The first-order valence-corrected chi connectivity index (χ1v) is 9.62. The molecule has 0 saturated carbocycles. The zero-order valence-electron chi connectivity index (χ0n) is 17.1. The molecule has 2 aromatic rings. The van der Waals surface area contributed by atoms with Gasteiger partial charge >= 0.3 is 6.18 Å².